The van der Waals surface area contributed by atoms with Gasteiger partial charge in [0.25, 0.3) is 0 Å². The van der Waals surface area contributed by atoms with E-state index in [0.29, 0.717) is 0 Å². The van der Waals surface area contributed by atoms with Crippen molar-refractivity contribution in [1.82, 2.24) is 5.32 Å². The fourth-order valence-electron chi connectivity index (χ4n) is 1.85. The highest BCUT2D eigenvalue weighted by atomic mass is 79.9. The summed E-state index contributed by atoms with van der Waals surface area (Å²) in [5.74, 6) is -1.31. The van der Waals surface area contributed by atoms with Crippen molar-refractivity contribution in [2.75, 3.05) is 5.32 Å². The van der Waals surface area contributed by atoms with Gasteiger partial charge in [0.1, 0.15) is 11.6 Å². The molecule has 0 unspecified atom stereocenters. The molecule has 21 heavy (non-hydrogen) atoms. The minimum absolute atomic E-state index is 0.202. The van der Waals surface area contributed by atoms with E-state index >= 15 is 0 Å². The van der Waals surface area contributed by atoms with E-state index < -0.39 is 17.7 Å². The van der Waals surface area contributed by atoms with E-state index in [2.05, 4.69) is 26.6 Å². The SMILES string of the molecule is C[C@H](NC(=O)Nc1cc(F)ccc1F)c1ccccc1Br. The monoisotopic (exact) mass is 354 g/mol. The molecule has 0 spiro atoms. The van der Waals surface area contributed by atoms with Crippen LogP contribution < -0.4 is 10.6 Å². The molecule has 0 aliphatic carbocycles. The van der Waals surface area contributed by atoms with Crippen LogP contribution in [-0.4, -0.2) is 6.03 Å². The Morgan fingerprint density at radius 3 is 2.62 bits per heavy atom. The lowest BCUT2D eigenvalue weighted by atomic mass is 10.1. The second kappa shape index (κ2) is 6.67. The van der Waals surface area contributed by atoms with Crippen molar-refractivity contribution in [3.05, 3.63) is 64.1 Å². The van der Waals surface area contributed by atoms with Gasteiger partial charge in [-0.15, -0.1) is 0 Å². The number of carbonyl (C=O) groups is 1. The topological polar surface area (TPSA) is 41.1 Å². The number of carbonyl (C=O) groups excluding carboxylic acids is 1. The fourth-order valence-corrected chi connectivity index (χ4v) is 2.48. The van der Waals surface area contributed by atoms with Crippen LogP contribution in [0.1, 0.15) is 18.5 Å². The molecule has 0 aromatic heterocycles. The molecular weight excluding hydrogens is 342 g/mol. The maximum Gasteiger partial charge on any atom is 0.319 e. The van der Waals surface area contributed by atoms with Crippen LogP contribution in [0, 0.1) is 11.6 Å². The van der Waals surface area contributed by atoms with E-state index in [9.17, 15) is 13.6 Å². The highest BCUT2D eigenvalue weighted by molar-refractivity contribution is 9.10. The summed E-state index contributed by atoms with van der Waals surface area (Å²) in [4.78, 5) is 11.8. The van der Waals surface area contributed by atoms with Gasteiger partial charge in [-0.05, 0) is 30.7 Å². The predicted octanol–water partition coefficient (Wildman–Crippen LogP) is 4.61. The van der Waals surface area contributed by atoms with Crippen molar-refractivity contribution in [1.29, 1.82) is 0 Å². The number of hydrogen-bond acceptors (Lipinski definition) is 1. The Bertz CT molecular complexity index is 664. The van der Waals surface area contributed by atoms with Crippen LogP contribution in [0.5, 0.6) is 0 Å². The zero-order chi connectivity index (χ0) is 15.4. The number of benzene rings is 2. The van der Waals surface area contributed by atoms with Crippen molar-refractivity contribution >= 4 is 27.6 Å². The molecule has 0 saturated heterocycles. The van der Waals surface area contributed by atoms with Gasteiger partial charge in [-0.1, -0.05) is 34.1 Å². The Morgan fingerprint density at radius 2 is 1.90 bits per heavy atom. The first-order chi connectivity index (χ1) is 9.97. The van der Waals surface area contributed by atoms with Crippen LogP contribution in [0.25, 0.3) is 0 Å². The molecule has 0 aliphatic rings. The molecule has 2 N–H and O–H groups in total. The number of anilines is 1. The van der Waals surface area contributed by atoms with Crippen LogP contribution in [0.4, 0.5) is 19.3 Å². The summed E-state index contributed by atoms with van der Waals surface area (Å²) in [5, 5.41) is 4.95. The quantitative estimate of drug-likeness (QED) is 0.830. The summed E-state index contributed by atoms with van der Waals surface area (Å²) in [6.45, 7) is 1.79. The molecule has 1 atom stereocenters. The van der Waals surface area contributed by atoms with Crippen molar-refractivity contribution in [3.8, 4) is 0 Å². The zero-order valence-corrected chi connectivity index (χ0v) is 12.7. The maximum atomic E-state index is 13.4. The van der Waals surface area contributed by atoms with Crippen molar-refractivity contribution in [3.63, 3.8) is 0 Å². The Morgan fingerprint density at radius 1 is 1.19 bits per heavy atom. The summed E-state index contributed by atoms with van der Waals surface area (Å²) in [6.07, 6.45) is 0. The fraction of sp³-hybridized carbons (Fsp3) is 0.133. The van der Waals surface area contributed by atoms with Crippen molar-refractivity contribution in [2.45, 2.75) is 13.0 Å². The average Bonchev–Trinajstić information content (AvgIpc) is 2.43. The van der Waals surface area contributed by atoms with E-state index in [1.54, 1.807) is 6.92 Å². The van der Waals surface area contributed by atoms with E-state index in [1.807, 2.05) is 24.3 Å². The number of rotatable bonds is 3. The highest BCUT2D eigenvalue weighted by Gasteiger charge is 2.13. The average molecular weight is 355 g/mol. The van der Waals surface area contributed by atoms with Gasteiger partial charge < -0.3 is 10.6 Å². The molecule has 0 aliphatic heterocycles. The third-order valence-electron chi connectivity index (χ3n) is 2.90. The lowest BCUT2D eigenvalue weighted by Gasteiger charge is -2.16. The molecule has 2 amide bonds. The second-order valence-corrected chi connectivity index (χ2v) is 5.32. The number of urea groups is 1. The molecular formula is C15H13BrF2N2O. The zero-order valence-electron chi connectivity index (χ0n) is 11.2. The van der Waals surface area contributed by atoms with E-state index in [-0.39, 0.29) is 11.7 Å². The summed E-state index contributed by atoms with van der Waals surface area (Å²) in [5.41, 5.74) is 0.680. The summed E-state index contributed by atoms with van der Waals surface area (Å²) in [6, 6.07) is 9.41. The number of halogens is 3. The number of amides is 2. The predicted molar refractivity (Wildman–Crippen MR) is 81.1 cm³/mol. The minimum atomic E-state index is -0.694. The molecule has 6 heteroatoms. The minimum Gasteiger partial charge on any atom is -0.331 e. The number of hydrogen-bond donors (Lipinski definition) is 2. The largest absolute Gasteiger partial charge is 0.331 e. The third kappa shape index (κ3) is 4.01. The van der Waals surface area contributed by atoms with Gasteiger partial charge in [0, 0.05) is 10.5 Å². The van der Waals surface area contributed by atoms with Gasteiger partial charge in [0.2, 0.25) is 0 Å². The first kappa shape index (κ1) is 15.4. The van der Waals surface area contributed by atoms with Gasteiger partial charge in [-0.2, -0.15) is 0 Å². The van der Waals surface area contributed by atoms with Gasteiger partial charge in [-0.3, -0.25) is 0 Å². The Balaban J connectivity index is 2.05. The molecule has 0 bridgehead atoms. The van der Waals surface area contributed by atoms with E-state index in [4.69, 9.17) is 0 Å². The number of nitrogens with one attached hydrogen (secondary N) is 2. The Labute approximate surface area is 129 Å². The van der Waals surface area contributed by atoms with Crippen LogP contribution in [0.15, 0.2) is 46.9 Å². The summed E-state index contributed by atoms with van der Waals surface area (Å²) in [7, 11) is 0. The van der Waals surface area contributed by atoms with Crippen molar-refractivity contribution in [2.24, 2.45) is 0 Å². The molecule has 2 aromatic rings. The summed E-state index contributed by atoms with van der Waals surface area (Å²) >= 11 is 3.39. The van der Waals surface area contributed by atoms with E-state index in [1.165, 1.54) is 0 Å². The molecule has 2 aromatic carbocycles. The first-order valence-corrected chi connectivity index (χ1v) is 7.03. The maximum absolute atomic E-state index is 13.4. The van der Waals surface area contributed by atoms with Gasteiger partial charge in [0.05, 0.1) is 11.7 Å². The van der Waals surface area contributed by atoms with Gasteiger partial charge in [0.15, 0.2) is 0 Å². The second-order valence-electron chi connectivity index (χ2n) is 4.47. The van der Waals surface area contributed by atoms with E-state index in [0.717, 1.165) is 28.2 Å². The van der Waals surface area contributed by atoms with Crippen LogP contribution >= 0.6 is 15.9 Å². The standard InChI is InChI=1S/C15H13BrF2N2O/c1-9(11-4-2-3-5-12(11)16)19-15(21)20-14-8-10(17)6-7-13(14)18/h2-9H,1H3,(H2,19,20,21)/t9-/m0/s1. The molecule has 3 nitrogen and oxygen atoms in total. The molecule has 0 radical (unpaired) electrons. The van der Waals surface area contributed by atoms with Crippen LogP contribution in [0.3, 0.4) is 0 Å². The van der Waals surface area contributed by atoms with Crippen molar-refractivity contribution < 1.29 is 13.6 Å². The smallest absolute Gasteiger partial charge is 0.319 e. The molecule has 2 rings (SSSR count). The lowest BCUT2D eigenvalue weighted by Crippen LogP contribution is -2.31. The molecule has 0 heterocycles. The third-order valence-corrected chi connectivity index (χ3v) is 3.62. The van der Waals surface area contributed by atoms with Gasteiger partial charge >= 0.3 is 6.03 Å². The first-order valence-electron chi connectivity index (χ1n) is 6.24. The van der Waals surface area contributed by atoms with Gasteiger partial charge in [-0.25, -0.2) is 13.6 Å². The Kier molecular flexibility index (Phi) is 4.90. The molecule has 0 saturated carbocycles. The lowest BCUT2D eigenvalue weighted by molar-refractivity contribution is 0.249. The normalized spacial score (nSPS) is 11.8. The molecule has 0 fully saturated rings. The van der Waals surface area contributed by atoms with Crippen LogP contribution in [0.2, 0.25) is 0 Å². The molecule has 110 valence electrons. The highest BCUT2D eigenvalue weighted by Crippen LogP contribution is 2.23. The Hall–Kier alpha value is -1.95. The van der Waals surface area contributed by atoms with Crippen LogP contribution in [-0.2, 0) is 0 Å². The summed E-state index contributed by atoms with van der Waals surface area (Å²) < 4.78 is 27.3.